The van der Waals surface area contributed by atoms with E-state index in [1.54, 1.807) is 28.8 Å². The number of rotatable bonds is 13. The molecule has 37 heavy (non-hydrogen) atoms. The number of carbonyl (C=O) groups is 3. The van der Waals surface area contributed by atoms with Crippen LogP contribution in [0.2, 0.25) is 0 Å². The summed E-state index contributed by atoms with van der Waals surface area (Å²) in [5.74, 6) is -1.58. The first kappa shape index (κ1) is 28.7. The molecule has 206 valence electrons. The maximum absolute atomic E-state index is 14.5. The lowest BCUT2D eigenvalue weighted by Crippen LogP contribution is -2.57. The second-order valence-corrected chi connectivity index (χ2v) is 13.5. The van der Waals surface area contributed by atoms with Gasteiger partial charge in [0.15, 0.2) is 0 Å². The number of halogens is 1. The predicted octanol–water partition coefficient (Wildman–Crippen LogP) is 4.08. The number of aliphatic hydroxyl groups excluding tert-OH is 1. The first-order valence-electron chi connectivity index (χ1n) is 13.8. The Morgan fingerprint density at radius 3 is 2.57 bits per heavy atom. The zero-order valence-electron chi connectivity index (χ0n) is 21.7. The summed E-state index contributed by atoms with van der Waals surface area (Å²) >= 11 is 5.46. The Morgan fingerprint density at radius 2 is 1.89 bits per heavy atom. The van der Waals surface area contributed by atoms with Crippen LogP contribution in [0.5, 0.6) is 0 Å². The van der Waals surface area contributed by atoms with Gasteiger partial charge in [0.1, 0.15) is 12.6 Å². The van der Waals surface area contributed by atoms with Gasteiger partial charge in [-0.2, -0.15) is 0 Å². The summed E-state index contributed by atoms with van der Waals surface area (Å²) in [5, 5.41) is 9.04. The molecule has 3 unspecified atom stereocenters. The number of likely N-dealkylation sites (tertiary alicyclic amines) is 1. The van der Waals surface area contributed by atoms with Gasteiger partial charge in [-0.25, -0.2) is 0 Å². The highest BCUT2D eigenvalue weighted by atomic mass is 79.9. The molecule has 4 rings (SSSR count). The molecule has 3 aliphatic heterocycles. The number of hydrogen-bond acceptors (Lipinski definition) is 6. The van der Waals surface area contributed by atoms with E-state index in [2.05, 4.69) is 29.1 Å². The Kier molecular flexibility index (Phi) is 9.84. The summed E-state index contributed by atoms with van der Waals surface area (Å²) in [6.07, 6.45) is 12.6. The molecular weight excluding hydrogens is 556 g/mol. The average Bonchev–Trinajstić information content (AvgIpc) is 3.49. The lowest BCUT2D eigenvalue weighted by molar-refractivity contribution is -0.153. The second-order valence-electron chi connectivity index (χ2n) is 10.8. The standard InChI is InChI=1S/C28H41BrN2O5S/c1-3-14-30(19-12-8-7-9-13-19)26(34)24-28-18-20(29)23(37-28)21(27(35)36-17-4-2)22(28)25(33)31(24)15-10-5-6-11-16-32/h3-4,19-24,32H,1-2,5-18H2/t20?,21-,22+,23-,24?,28?/m1/s1. The highest BCUT2D eigenvalue weighted by molar-refractivity contribution is 9.09. The molecular formula is C28H41BrN2O5S. The highest BCUT2D eigenvalue weighted by Crippen LogP contribution is 2.68. The van der Waals surface area contributed by atoms with Crippen LogP contribution < -0.4 is 0 Å². The molecule has 1 spiro atoms. The van der Waals surface area contributed by atoms with E-state index >= 15 is 0 Å². The number of unbranched alkanes of at least 4 members (excludes halogenated alkanes) is 3. The van der Waals surface area contributed by atoms with Gasteiger partial charge < -0.3 is 19.6 Å². The van der Waals surface area contributed by atoms with E-state index in [0.717, 1.165) is 51.4 Å². The van der Waals surface area contributed by atoms with E-state index in [9.17, 15) is 14.4 Å². The molecule has 1 saturated carbocycles. The van der Waals surface area contributed by atoms with E-state index < -0.39 is 22.6 Å². The summed E-state index contributed by atoms with van der Waals surface area (Å²) < 4.78 is 4.82. The van der Waals surface area contributed by atoms with Gasteiger partial charge in [0.25, 0.3) is 0 Å². The molecule has 0 radical (unpaired) electrons. The van der Waals surface area contributed by atoms with Crippen molar-refractivity contribution in [1.82, 2.24) is 9.80 Å². The number of carbonyl (C=O) groups excluding carboxylic acids is 3. The van der Waals surface area contributed by atoms with Crippen LogP contribution in [-0.2, 0) is 19.1 Å². The Hall–Kier alpha value is -1.32. The van der Waals surface area contributed by atoms with E-state index in [-0.39, 0.29) is 47.1 Å². The molecule has 4 aliphatic rings. The number of aliphatic hydroxyl groups is 1. The maximum Gasteiger partial charge on any atom is 0.311 e. The molecule has 3 saturated heterocycles. The fourth-order valence-electron chi connectivity index (χ4n) is 7.01. The van der Waals surface area contributed by atoms with Crippen molar-refractivity contribution in [2.75, 3.05) is 26.3 Å². The molecule has 1 aliphatic carbocycles. The van der Waals surface area contributed by atoms with Crippen molar-refractivity contribution in [1.29, 1.82) is 0 Å². The van der Waals surface area contributed by atoms with Gasteiger partial charge in [-0.1, -0.05) is 66.8 Å². The van der Waals surface area contributed by atoms with Gasteiger partial charge in [0.05, 0.1) is 16.6 Å². The smallest absolute Gasteiger partial charge is 0.311 e. The lowest BCUT2D eigenvalue weighted by Gasteiger charge is -2.41. The monoisotopic (exact) mass is 596 g/mol. The molecule has 0 aromatic rings. The summed E-state index contributed by atoms with van der Waals surface area (Å²) in [4.78, 5) is 45.6. The van der Waals surface area contributed by atoms with Crippen LogP contribution in [0, 0.1) is 11.8 Å². The van der Waals surface area contributed by atoms with Crippen LogP contribution in [0.3, 0.4) is 0 Å². The van der Waals surface area contributed by atoms with E-state index in [4.69, 9.17) is 9.84 Å². The van der Waals surface area contributed by atoms with Crippen LogP contribution in [0.1, 0.15) is 64.2 Å². The minimum Gasteiger partial charge on any atom is -0.461 e. The van der Waals surface area contributed by atoms with E-state index in [1.807, 2.05) is 4.90 Å². The Bertz CT molecular complexity index is 881. The molecule has 2 bridgehead atoms. The van der Waals surface area contributed by atoms with E-state index in [0.29, 0.717) is 19.5 Å². The van der Waals surface area contributed by atoms with Crippen molar-refractivity contribution in [3.05, 3.63) is 25.3 Å². The summed E-state index contributed by atoms with van der Waals surface area (Å²) in [5.41, 5.74) is 0. The van der Waals surface area contributed by atoms with Gasteiger partial charge in [0.2, 0.25) is 11.8 Å². The Labute approximate surface area is 233 Å². The van der Waals surface area contributed by atoms with Crippen LogP contribution in [0.25, 0.3) is 0 Å². The number of esters is 1. The van der Waals surface area contributed by atoms with Crippen molar-refractivity contribution < 1.29 is 24.2 Å². The fraction of sp³-hybridized carbons (Fsp3) is 0.750. The molecule has 9 heteroatoms. The van der Waals surface area contributed by atoms with Gasteiger partial charge in [-0.15, -0.1) is 18.3 Å². The number of thioether (sulfide) groups is 1. The first-order chi connectivity index (χ1) is 17.9. The number of amides is 2. The van der Waals surface area contributed by atoms with Gasteiger partial charge in [-0.05, 0) is 32.1 Å². The SMILES string of the molecule is C=CCOC(=O)[C@H]1[C@@H]2SC3(CC2Br)C(C(=O)N(CC=C)C2CCCCC2)N(CCCCCCO)C(=O)[C@H]13. The minimum absolute atomic E-state index is 0.00553. The van der Waals surface area contributed by atoms with Crippen LogP contribution in [-0.4, -0.2) is 85.9 Å². The average molecular weight is 598 g/mol. The quantitative estimate of drug-likeness (QED) is 0.149. The third-order valence-corrected chi connectivity index (χ3v) is 11.8. The van der Waals surface area contributed by atoms with Crippen molar-refractivity contribution in [3.63, 3.8) is 0 Å². The van der Waals surface area contributed by atoms with Crippen LogP contribution in [0.15, 0.2) is 25.3 Å². The molecule has 1 N–H and O–H groups in total. The lowest BCUT2D eigenvalue weighted by atomic mass is 9.71. The van der Waals surface area contributed by atoms with E-state index in [1.165, 1.54) is 6.42 Å². The summed E-state index contributed by atoms with van der Waals surface area (Å²) in [6.45, 7) is 8.79. The van der Waals surface area contributed by atoms with Crippen LogP contribution in [0.4, 0.5) is 0 Å². The summed E-state index contributed by atoms with van der Waals surface area (Å²) in [6, 6.07) is -0.440. The van der Waals surface area contributed by atoms with Gasteiger partial charge in [0, 0.05) is 35.8 Å². The van der Waals surface area contributed by atoms with Crippen molar-refractivity contribution in [3.8, 4) is 0 Å². The van der Waals surface area contributed by atoms with Crippen molar-refractivity contribution >= 4 is 45.5 Å². The fourth-order valence-corrected chi connectivity index (χ4v) is 10.6. The van der Waals surface area contributed by atoms with Crippen molar-refractivity contribution in [2.45, 2.75) is 91.1 Å². The molecule has 7 nitrogen and oxygen atoms in total. The third-order valence-electron chi connectivity index (χ3n) is 8.57. The largest absolute Gasteiger partial charge is 0.461 e. The second kappa shape index (κ2) is 12.7. The Balaban J connectivity index is 1.67. The first-order valence-corrected chi connectivity index (χ1v) is 15.6. The normalized spacial score (nSPS) is 32.9. The van der Waals surface area contributed by atoms with Gasteiger partial charge in [-0.3, -0.25) is 14.4 Å². The van der Waals surface area contributed by atoms with Gasteiger partial charge >= 0.3 is 5.97 Å². The molecule has 0 aromatic carbocycles. The molecule has 2 amide bonds. The Morgan fingerprint density at radius 1 is 1.16 bits per heavy atom. The highest BCUT2D eigenvalue weighted by Gasteiger charge is 2.76. The zero-order chi connectivity index (χ0) is 26.6. The molecule has 4 fully saturated rings. The molecule has 0 aromatic heterocycles. The van der Waals surface area contributed by atoms with Crippen LogP contribution >= 0.6 is 27.7 Å². The minimum atomic E-state index is -0.649. The summed E-state index contributed by atoms with van der Waals surface area (Å²) in [7, 11) is 0. The molecule has 6 atom stereocenters. The maximum atomic E-state index is 14.5. The van der Waals surface area contributed by atoms with Crippen molar-refractivity contribution in [2.24, 2.45) is 11.8 Å². The topological polar surface area (TPSA) is 87.2 Å². The number of hydrogen-bond donors (Lipinski definition) is 1. The predicted molar refractivity (Wildman–Crippen MR) is 149 cm³/mol. The third kappa shape index (κ3) is 5.42. The zero-order valence-corrected chi connectivity index (χ0v) is 24.1. The number of nitrogens with zero attached hydrogens (tertiary/aromatic N) is 2. The number of alkyl halides is 1. The molecule has 3 heterocycles. The number of fused-ring (bicyclic) bond motifs is 1. The number of ether oxygens (including phenoxy) is 1.